The minimum Gasteiger partial charge on any atom is -0.497 e. The quantitative estimate of drug-likeness (QED) is 0.817. The van der Waals surface area contributed by atoms with Crippen LogP contribution in [0, 0.1) is 11.3 Å². The highest BCUT2D eigenvalue weighted by Crippen LogP contribution is 2.21. The van der Waals surface area contributed by atoms with Crippen molar-refractivity contribution in [2.75, 3.05) is 13.7 Å². The molecular formula is C15H16N2O. The number of nitriles is 1. The number of fused-ring (bicyclic) bond motifs is 1. The molecule has 2 aromatic carbocycles. The van der Waals surface area contributed by atoms with Crippen LogP contribution in [0.1, 0.15) is 12.0 Å². The molecule has 1 N–H and O–H groups in total. The molecule has 0 aliphatic rings. The molecule has 0 saturated heterocycles. The lowest BCUT2D eigenvalue weighted by atomic mass is 10.1. The van der Waals surface area contributed by atoms with Crippen molar-refractivity contribution < 1.29 is 4.74 Å². The normalized spacial score (nSPS) is 10.2. The van der Waals surface area contributed by atoms with Crippen LogP contribution in [0.3, 0.4) is 0 Å². The van der Waals surface area contributed by atoms with E-state index in [4.69, 9.17) is 10.00 Å². The third kappa shape index (κ3) is 2.99. The summed E-state index contributed by atoms with van der Waals surface area (Å²) in [6.45, 7) is 1.53. The number of methoxy groups -OCH3 is 1. The van der Waals surface area contributed by atoms with Gasteiger partial charge in [0.2, 0.25) is 0 Å². The fourth-order valence-corrected chi connectivity index (χ4v) is 1.89. The van der Waals surface area contributed by atoms with Gasteiger partial charge in [0.1, 0.15) is 5.75 Å². The Balaban J connectivity index is 2.10. The van der Waals surface area contributed by atoms with E-state index in [1.165, 1.54) is 16.3 Å². The van der Waals surface area contributed by atoms with Crippen LogP contribution in [0.4, 0.5) is 0 Å². The Morgan fingerprint density at radius 3 is 2.72 bits per heavy atom. The van der Waals surface area contributed by atoms with E-state index >= 15 is 0 Å². The number of rotatable bonds is 5. The first kappa shape index (κ1) is 12.4. The number of hydrogen-bond donors (Lipinski definition) is 1. The number of ether oxygens (including phenoxy) is 1. The van der Waals surface area contributed by atoms with Crippen molar-refractivity contribution in [3.63, 3.8) is 0 Å². The maximum atomic E-state index is 8.45. The first-order valence-corrected chi connectivity index (χ1v) is 5.98. The molecule has 2 rings (SSSR count). The van der Waals surface area contributed by atoms with E-state index in [0.29, 0.717) is 6.42 Å². The van der Waals surface area contributed by atoms with E-state index in [1.54, 1.807) is 7.11 Å². The summed E-state index contributed by atoms with van der Waals surface area (Å²) in [7, 11) is 1.68. The Bertz CT molecular complexity index is 572. The van der Waals surface area contributed by atoms with Crippen LogP contribution in [0.15, 0.2) is 36.4 Å². The lowest BCUT2D eigenvalue weighted by molar-refractivity contribution is 0.415. The van der Waals surface area contributed by atoms with Crippen molar-refractivity contribution in [3.05, 3.63) is 42.0 Å². The van der Waals surface area contributed by atoms with Crippen LogP contribution in [0.5, 0.6) is 5.75 Å². The lowest BCUT2D eigenvalue weighted by Gasteiger charge is -2.06. The highest BCUT2D eigenvalue weighted by molar-refractivity contribution is 5.84. The molecule has 0 aromatic heterocycles. The van der Waals surface area contributed by atoms with Crippen molar-refractivity contribution in [3.8, 4) is 11.8 Å². The molecule has 18 heavy (non-hydrogen) atoms. The van der Waals surface area contributed by atoms with Gasteiger partial charge in [-0.05, 0) is 34.5 Å². The molecule has 0 atom stereocenters. The second-order valence-electron chi connectivity index (χ2n) is 4.13. The summed E-state index contributed by atoms with van der Waals surface area (Å²) in [4.78, 5) is 0. The van der Waals surface area contributed by atoms with E-state index in [-0.39, 0.29) is 0 Å². The second-order valence-corrected chi connectivity index (χ2v) is 4.13. The second kappa shape index (κ2) is 6.04. The van der Waals surface area contributed by atoms with Crippen molar-refractivity contribution >= 4 is 10.8 Å². The molecule has 0 heterocycles. The third-order valence-corrected chi connectivity index (χ3v) is 2.85. The Labute approximate surface area is 107 Å². The first-order chi connectivity index (χ1) is 8.83. The van der Waals surface area contributed by atoms with Crippen molar-refractivity contribution in [2.45, 2.75) is 13.0 Å². The summed E-state index contributed by atoms with van der Waals surface area (Å²) < 4.78 is 5.20. The molecule has 0 aliphatic carbocycles. The molecule has 0 radical (unpaired) electrons. The average Bonchev–Trinajstić information content (AvgIpc) is 2.43. The smallest absolute Gasteiger partial charge is 0.119 e. The fraction of sp³-hybridized carbons (Fsp3) is 0.267. The van der Waals surface area contributed by atoms with Gasteiger partial charge in [-0.15, -0.1) is 0 Å². The van der Waals surface area contributed by atoms with Gasteiger partial charge < -0.3 is 10.1 Å². The van der Waals surface area contributed by atoms with Crippen LogP contribution in [-0.2, 0) is 6.54 Å². The summed E-state index contributed by atoms with van der Waals surface area (Å²) in [6, 6.07) is 14.5. The predicted octanol–water partition coefficient (Wildman–Crippen LogP) is 2.85. The summed E-state index contributed by atoms with van der Waals surface area (Å²) in [5.41, 5.74) is 1.23. The number of nitrogens with one attached hydrogen (secondary N) is 1. The van der Waals surface area contributed by atoms with E-state index < -0.39 is 0 Å². The highest BCUT2D eigenvalue weighted by atomic mass is 16.5. The first-order valence-electron chi connectivity index (χ1n) is 5.98. The number of nitrogens with zero attached hydrogens (tertiary/aromatic N) is 1. The van der Waals surface area contributed by atoms with E-state index in [0.717, 1.165) is 18.8 Å². The van der Waals surface area contributed by atoms with Gasteiger partial charge in [-0.25, -0.2) is 0 Å². The van der Waals surface area contributed by atoms with Gasteiger partial charge in [-0.1, -0.05) is 18.2 Å². The molecule has 0 amide bonds. The van der Waals surface area contributed by atoms with Crippen molar-refractivity contribution in [1.29, 1.82) is 5.26 Å². The predicted molar refractivity (Wildman–Crippen MR) is 72.4 cm³/mol. The molecule has 0 spiro atoms. The van der Waals surface area contributed by atoms with Crippen molar-refractivity contribution in [2.24, 2.45) is 0 Å². The molecule has 0 bridgehead atoms. The summed E-state index contributed by atoms with van der Waals surface area (Å²) in [5.74, 6) is 0.877. The highest BCUT2D eigenvalue weighted by Gasteiger charge is 1.98. The van der Waals surface area contributed by atoms with Crippen molar-refractivity contribution in [1.82, 2.24) is 5.32 Å². The summed E-state index contributed by atoms with van der Waals surface area (Å²) in [6.07, 6.45) is 0.546. The third-order valence-electron chi connectivity index (χ3n) is 2.85. The van der Waals surface area contributed by atoms with Gasteiger partial charge in [0.15, 0.2) is 0 Å². The zero-order chi connectivity index (χ0) is 12.8. The van der Waals surface area contributed by atoms with Gasteiger partial charge in [-0.3, -0.25) is 0 Å². The van der Waals surface area contributed by atoms with E-state index in [2.05, 4.69) is 35.7 Å². The molecule has 0 aliphatic heterocycles. The molecule has 0 fully saturated rings. The molecular weight excluding hydrogens is 224 g/mol. The molecule has 0 saturated carbocycles. The molecule has 0 unspecified atom stereocenters. The maximum absolute atomic E-state index is 8.45. The molecule has 2 aromatic rings. The number of hydrogen-bond acceptors (Lipinski definition) is 3. The molecule has 92 valence electrons. The number of benzene rings is 2. The lowest BCUT2D eigenvalue weighted by Crippen LogP contribution is -2.13. The van der Waals surface area contributed by atoms with Crippen LogP contribution < -0.4 is 10.1 Å². The topological polar surface area (TPSA) is 45.0 Å². The average molecular weight is 240 g/mol. The summed E-state index contributed by atoms with van der Waals surface area (Å²) in [5, 5.41) is 14.1. The minimum atomic E-state index is 0.546. The Hall–Kier alpha value is -2.05. The zero-order valence-electron chi connectivity index (χ0n) is 10.4. The standard InChI is InChI=1S/C15H16N2O/c1-18-15-6-5-13-9-12(3-4-14(13)10-15)11-17-8-2-7-16/h3-6,9-10,17H,2,8,11H2,1H3. The van der Waals surface area contributed by atoms with Crippen LogP contribution in [0.25, 0.3) is 10.8 Å². The van der Waals surface area contributed by atoms with E-state index in [9.17, 15) is 0 Å². The van der Waals surface area contributed by atoms with Gasteiger partial charge in [0.05, 0.1) is 13.2 Å². The Morgan fingerprint density at radius 2 is 1.94 bits per heavy atom. The van der Waals surface area contributed by atoms with E-state index in [1.807, 2.05) is 12.1 Å². The molecule has 3 heteroatoms. The van der Waals surface area contributed by atoms with Gasteiger partial charge >= 0.3 is 0 Å². The van der Waals surface area contributed by atoms with Gasteiger partial charge in [-0.2, -0.15) is 5.26 Å². The van der Waals surface area contributed by atoms with Crippen LogP contribution in [-0.4, -0.2) is 13.7 Å². The fourth-order valence-electron chi connectivity index (χ4n) is 1.89. The summed E-state index contributed by atoms with van der Waals surface area (Å²) >= 11 is 0. The largest absolute Gasteiger partial charge is 0.497 e. The minimum absolute atomic E-state index is 0.546. The molecule has 3 nitrogen and oxygen atoms in total. The van der Waals surface area contributed by atoms with Crippen LogP contribution >= 0.6 is 0 Å². The Kier molecular flexibility index (Phi) is 4.16. The monoisotopic (exact) mass is 240 g/mol. The van der Waals surface area contributed by atoms with Gasteiger partial charge in [0.25, 0.3) is 0 Å². The zero-order valence-corrected chi connectivity index (χ0v) is 10.4. The maximum Gasteiger partial charge on any atom is 0.119 e. The van der Waals surface area contributed by atoms with Gasteiger partial charge in [0, 0.05) is 19.5 Å². The van der Waals surface area contributed by atoms with Crippen LogP contribution in [0.2, 0.25) is 0 Å². The SMILES string of the molecule is COc1ccc2cc(CNCCC#N)ccc2c1. The Morgan fingerprint density at radius 1 is 1.17 bits per heavy atom.